The van der Waals surface area contributed by atoms with Crippen LogP contribution in [0.2, 0.25) is 0 Å². The monoisotopic (exact) mass is 244 g/mol. The molecule has 94 valence electrons. The SMILES string of the molecule is CN1CCC(C#N)(NC(=O)c2ccncc2)CC1. The van der Waals surface area contributed by atoms with Gasteiger partial charge in [0.15, 0.2) is 0 Å². The maximum atomic E-state index is 12.1. The number of rotatable bonds is 2. The molecule has 5 nitrogen and oxygen atoms in total. The molecule has 0 aromatic carbocycles. The van der Waals surface area contributed by atoms with Crippen molar-refractivity contribution in [3.8, 4) is 6.07 Å². The zero-order valence-corrected chi connectivity index (χ0v) is 10.4. The van der Waals surface area contributed by atoms with Gasteiger partial charge in [0.1, 0.15) is 5.54 Å². The van der Waals surface area contributed by atoms with E-state index in [9.17, 15) is 10.1 Å². The number of carbonyl (C=O) groups is 1. The maximum Gasteiger partial charge on any atom is 0.252 e. The summed E-state index contributed by atoms with van der Waals surface area (Å²) in [5.41, 5.74) is -0.189. The predicted octanol–water partition coefficient (Wildman–Crippen LogP) is 0.799. The number of amides is 1. The third kappa shape index (κ3) is 2.66. The minimum Gasteiger partial charge on any atom is -0.334 e. The van der Waals surface area contributed by atoms with Gasteiger partial charge in [0.05, 0.1) is 6.07 Å². The highest BCUT2D eigenvalue weighted by Gasteiger charge is 2.35. The summed E-state index contributed by atoms with van der Waals surface area (Å²) >= 11 is 0. The molecule has 1 aromatic heterocycles. The molecule has 18 heavy (non-hydrogen) atoms. The quantitative estimate of drug-likeness (QED) is 0.835. The first kappa shape index (κ1) is 12.5. The minimum atomic E-state index is -0.729. The van der Waals surface area contributed by atoms with Crippen LogP contribution >= 0.6 is 0 Å². The Morgan fingerprint density at radius 1 is 1.44 bits per heavy atom. The number of hydrogen-bond acceptors (Lipinski definition) is 4. The van der Waals surface area contributed by atoms with Gasteiger partial charge in [-0.05, 0) is 32.0 Å². The van der Waals surface area contributed by atoms with Crippen molar-refractivity contribution in [2.24, 2.45) is 0 Å². The van der Waals surface area contributed by atoms with E-state index in [0.717, 1.165) is 13.1 Å². The number of carbonyl (C=O) groups excluding carboxylic acids is 1. The molecular weight excluding hydrogens is 228 g/mol. The molecule has 0 unspecified atom stereocenters. The third-order valence-corrected chi connectivity index (χ3v) is 3.35. The first-order valence-electron chi connectivity index (χ1n) is 5.97. The van der Waals surface area contributed by atoms with Crippen LogP contribution in [-0.2, 0) is 0 Å². The lowest BCUT2D eigenvalue weighted by atomic mass is 9.89. The van der Waals surface area contributed by atoms with Crippen molar-refractivity contribution < 1.29 is 4.79 Å². The van der Waals surface area contributed by atoms with Gasteiger partial charge in [-0.3, -0.25) is 9.78 Å². The van der Waals surface area contributed by atoms with E-state index in [-0.39, 0.29) is 5.91 Å². The van der Waals surface area contributed by atoms with Crippen LogP contribution in [0.25, 0.3) is 0 Å². The van der Waals surface area contributed by atoms with Gasteiger partial charge < -0.3 is 10.2 Å². The molecule has 0 aliphatic carbocycles. The molecule has 0 saturated carbocycles. The fourth-order valence-electron chi connectivity index (χ4n) is 2.06. The summed E-state index contributed by atoms with van der Waals surface area (Å²) in [5.74, 6) is -0.205. The van der Waals surface area contributed by atoms with Crippen molar-refractivity contribution >= 4 is 5.91 Å². The van der Waals surface area contributed by atoms with Gasteiger partial charge in [-0.25, -0.2) is 0 Å². The van der Waals surface area contributed by atoms with Crippen LogP contribution in [0.15, 0.2) is 24.5 Å². The highest BCUT2D eigenvalue weighted by Crippen LogP contribution is 2.21. The Kier molecular flexibility index (Phi) is 3.58. The van der Waals surface area contributed by atoms with Gasteiger partial charge in [-0.15, -0.1) is 0 Å². The van der Waals surface area contributed by atoms with Crippen LogP contribution in [0, 0.1) is 11.3 Å². The zero-order chi connectivity index (χ0) is 13.0. The van der Waals surface area contributed by atoms with Crippen LogP contribution in [0.5, 0.6) is 0 Å². The molecule has 5 heteroatoms. The van der Waals surface area contributed by atoms with Gasteiger partial charge in [-0.1, -0.05) is 0 Å². The van der Waals surface area contributed by atoms with Crippen molar-refractivity contribution in [2.75, 3.05) is 20.1 Å². The highest BCUT2D eigenvalue weighted by atomic mass is 16.1. The Morgan fingerprint density at radius 2 is 2.06 bits per heavy atom. The molecule has 0 spiro atoms. The Morgan fingerprint density at radius 3 is 2.61 bits per heavy atom. The van der Waals surface area contributed by atoms with Crippen molar-refractivity contribution in [3.05, 3.63) is 30.1 Å². The number of nitrogens with zero attached hydrogens (tertiary/aromatic N) is 3. The van der Waals surface area contributed by atoms with E-state index >= 15 is 0 Å². The van der Waals surface area contributed by atoms with Crippen LogP contribution < -0.4 is 5.32 Å². The standard InChI is InChI=1S/C13H16N4O/c1-17-8-4-13(10-14,5-9-17)16-12(18)11-2-6-15-7-3-11/h2-3,6-7H,4-5,8-9H2,1H3,(H,16,18). The van der Waals surface area contributed by atoms with Gasteiger partial charge in [0.2, 0.25) is 0 Å². The van der Waals surface area contributed by atoms with Crippen molar-refractivity contribution in [1.29, 1.82) is 5.26 Å². The van der Waals surface area contributed by atoms with E-state index in [0.29, 0.717) is 18.4 Å². The number of pyridine rings is 1. The summed E-state index contributed by atoms with van der Waals surface area (Å²) in [7, 11) is 2.02. The largest absolute Gasteiger partial charge is 0.334 e. The number of aromatic nitrogens is 1. The van der Waals surface area contributed by atoms with Crippen LogP contribution in [0.4, 0.5) is 0 Å². The fraction of sp³-hybridized carbons (Fsp3) is 0.462. The smallest absolute Gasteiger partial charge is 0.252 e. The predicted molar refractivity (Wildman–Crippen MR) is 66.8 cm³/mol. The van der Waals surface area contributed by atoms with Crippen molar-refractivity contribution in [2.45, 2.75) is 18.4 Å². The van der Waals surface area contributed by atoms with Gasteiger partial charge in [0.25, 0.3) is 5.91 Å². The molecule has 1 aromatic rings. The lowest BCUT2D eigenvalue weighted by Crippen LogP contribution is -2.53. The second-order valence-corrected chi connectivity index (χ2v) is 4.69. The molecule has 1 amide bonds. The molecular formula is C13H16N4O. The average molecular weight is 244 g/mol. The summed E-state index contributed by atoms with van der Waals surface area (Å²) < 4.78 is 0. The fourth-order valence-corrected chi connectivity index (χ4v) is 2.06. The Hall–Kier alpha value is -1.93. The van der Waals surface area contributed by atoms with Gasteiger partial charge in [0, 0.05) is 31.0 Å². The number of nitriles is 1. The summed E-state index contributed by atoms with van der Waals surface area (Å²) in [6.45, 7) is 1.65. The van der Waals surface area contributed by atoms with Crippen LogP contribution in [-0.4, -0.2) is 41.5 Å². The van der Waals surface area contributed by atoms with E-state index in [1.165, 1.54) is 0 Å². The van der Waals surface area contributed by atoms with E-state index in [4.69, 9.17) is 0 Å². The van der Waals surface area contributed by atoms with Gasteiger partial charge >= 0.3 is 0 Å². The Labute approximate surface area is 106 Å². The lowest BCUT2D eigenvalue weighted by Gasteiger charge is -2.35. The summed E-state index contributed by atoms with van der Waals surface area (Å²) in [5, 5.41) is 12.2. The summed E-state index contributed by atoms with van der Waals surface area (Å²) in [6.07, 6.45) is 4.47. The number of nitrogens with one attached hydrogen (secondary N) is 1. The molecule has 1 aliphatic rings. The number of likely N-dealkylation sites (tertiary alicyclic amines) is 1. The van der Waals surface area contributed by atoms with E-state index < -0.39 is 5.54 Å². The number of piperidine rings is 1. The Bertz CT molecular complexity index is 458. The van der Waals surface area contributed by atoms with Crippen LogP contribution in [0.1, 0.15) is 23.2 Å². The van der Waals surface area contributed by atoms with Crippen molar-refractivity contribution in [3.63, 3.8) is 0 Å². The second kappa shape index (κ2) is 5.15. The molecule has 1 aliphatic heterocycles. The van der Waals surface area contributed by atoms with E-state index in [1.54, 1.807) is 24.5 Å². The first-order valence-corrected chi connectivity index (χ1v) is 5.97. The first-order chi connectivity index (χ1) is 8.65. The topological polar surface area (TPSA) is 69.0 Å². The summed E-state index contributed by atoms with van der Waals surface area (Å²) in [6, 6.07) is 5.56. The molecule has 0 bridgehead atoms. The molecule has 0 atom stereocenters. The molecule has 0 radical (unpaired) electrons. The van der Waals surface area contributed by atoms with Gasteiger partial charge in [-0.2, -0.15) is 5.26 Å². The van der Waals surface area contributed by atoms with Crippen LogP contribution in [0.3, 0.4) is 0 Å². The molecule has 1 fully saturated rings. The van der Waals surface area contributed by atoms with E-state index in [2.05, 4.69) is 21.3 Å². The second-order valence-electron chi connectivity index (χ2n) is 4.69. The minimum absolute atomic E-state index is 0.205. The third-order valence-electron chi connectivity index (χ3n) is 3.35. The normalized spacial score (nSPS) is 18.9. The molecule has 2 rings (SSSR count). The van der Waals surface area contributed by atoms with Crippen molar-refractivity contribution in [1.82, 2.24) is 15.2 Å². The maximum absolute atomic E-state index is 12.1. The molecule has 1 N–H and O–H groups in total. The average Bonchev–Trinajstić information content (AvgIpc) is 2.43. The Balaban J connectivity index is 2.08. The van der Waals surface area contributed by atoms with E-state index in [1.807, 2.05) is 7.05 Å². The molecule has 2 heterocycles. The highest BCUT2D eigenvalue weighted by molar-refractivity contribution is 5.94. The number of hydrogen-bond donors (Lipinski definition) is 1. The summed E-state index contributed by atoms with van der Waals surface area (Å²) in [4.78, 5) is 18.1. The zero-order valence-electron chi connectivity index (χ0n) is 10.4. The molecule has 1 saturated heterocycles. The lowest BCUT2D eigenvalue weighted by molar-refractivity contribution is 0.0882.